The van der Waals surface area contributed by atoms with Crippen LogP contribution in [-0.2, 0) is 0 Å². The molecular weight excluding hydrogens is 232 g/mol. The van der Waals surface area contributed by atoms with Gasteiger partial charge in [-0.15, -0.1) is 0 Å². The first kappa shape index (κ1) is 12.4. The van der Waals surface area contributed by atoms with Gasteiger partial charge < -0.3 is 9.52 Å². The molecule has 1 heterocycles. The number of phenolic OH excluding ortho intramolecular Hbond substituents is 1. The fraction of sp³-hybridized carbons (Fsp3) is 0.286. The third-order valence-corrected chi connectivity index (χ3v) is 3.04. The zero-order valence-electron chi connectivity index (χ0n) is 10.3. The van der Waals surface area contributed by atoms with E-state index in [-0.39, 0.29) is 34.2 Å². The molecule has 0 saturated carbocycles. The lowest BCUT2D eigenvalue weighted by molar-refractivity contribution is 0.0899. The number of fused-ring (bicyclic) bond motifs is 1. The van der Waals surface area contributed by atoms with E-state index in [4.69, 9.17) is 4.42 Å². The fourth-order valence-corrected chi connectivity index (χ4v) is 1.74. The van der Waals surface area contributed by atoms with Crippen LogP contribution < -0.4 is 5.43 Å². The first-order valence-electron chi connectivity index (χ1n) is 5.84. The van der Waals surface area contributed by atoms with Crippen molar-refractivity contribution >= 4 is 16.8 Å². The predicted octanol–water partition coefficient (Wildman–Crippen LogP) is 2.73. The van der Waals surface area contributed by atoms with Gasteiger partial charge in [0.2, 0.25) is 5.78 Å². The summed E-state index contributed by atoms with van der Waals surface area (Å²) in [7, 11) is 0. The van der Waals surface area contributed by atoms with Crippen LogP contribution in [-0.4, -0.2) is 10.9 Å². The molecule has 94 valence electrons. The van der Waals surface area contributed by atoms with Crippen LogP contribution in [0.5, 0.6) is 5.75 Å². The van der Waals surface area contributed by atoms with Crippen molar-refractivity contribution in [2.45, 2.75) is 20.3 Å². The first-order chi connectivity index (χ1) is 8.54. The normalized spacial score (nSPS) is 12.6. The molecule has 1 atom stereocenters. The summed E-state index contributed by atoms with van der Waals surface area (Å²) in [5.41, 5.74) is -0.171. The van der Waals surface area contributed by atoms with Gasteiger partial charge in [0.05, 0.1) is 0 Å². The molecule has 0 spiro atoms. The van der Waals surface area contributed by atoms with Crippen LogP contribution in [0.1, 0.15) is 30.8 Å². The Balaban J connectivity index is 2.64. The van der Waals surface area contributed by atoms with Crippen LogP contribution in [0.2, 0.25) is 0 Å². The number of hydrogen-bond donors (Lipinski definition) is 1. The van der Waals surface area contributed by atoms with Crippen molar-refractivity contribution in [1.82, 2.24) is 0 Å². The highest BCUT2D eigenvalue weighted by Crippen LogP contribution is 2.22. The molecule has 2 aromatic rings. The summed E-state index contributed by atoms with van der Waals surface area (Å²) in [5.74, 6) is -0.473. The highest BCUT2D eigenvalue weighted by atomic mass is 16.3. The van der Waals surface area contributed by atoms with Crippen molar-refractivity contribution in [2.24, 2.45) is 5.92 Å². The molecule has 4 nitrogen and oxygen atoms in total. The second kappa shape index (κ2) is 4.64. The van der Waals surface area contributed by atoms with Crippen molar-refractivity contribution < 1.29 is 14.3 Å². The number of carbonyl (C=O) groups is 1. The number of phenols is 1. The molecule has 0 radical (unpaired) electrons. The number of ketones is 1. The number of hydrogen-bond acceptors (Lipinski definition) is 4. The van der Waals surface area contributed by atoms with E-state index in [0.717, 1.165) is 6.07 Å². The molecule has 2 rings (SSSR count). The maximum absolute atomic E-state index is 12.0. The summed E-state index contributed by atoms with van der Waals surface area (Å²) in [4.78, 5) is 23.8. The van der Waals surface area contributed by atoms with Crippen molar-refractivity contribution in [3.63, 3.8) is 0 Å². The molecular formula is C14H14O4. The molecule has 0 aliphatic heterocycles. The number of carbonyl (C=O) groups excluding carboxylic acids is 1. The van der Waals surface area contributed by atoms with E-state index < -0.39 is 5.43 Å². The molecule has 1 aromatic heterocycles. The lowest BCUT2D eigenvalue weighted by Crippen LogP contribution is -2.13. The number of rotatable bonds is 3. The smallest absolute Gasteiger partial charge is 0.200 e. The molecule has 0 fully saturated rings. The SMILES string of the molecule is CCC(C)C(=O)c1cc(=O)c2c(O)cccc2o1. The maximum atomic E-state index is 12.0. The van der Waals surface area contributed by atoms with Gasteiger partial charge in [0.15, 0.2) is 11.2 Å². The molecule has 4 heteroatoms. The Labute approximate surface area is 104 Å². The summed E-state index contributed by atoms with van der Waals surface area (Å²) in [6, 6.07) is 5.69. The average molecular weight is 246 g/mol. The fourth-order valence-electron chi connectivity index (χ4n) is 1.74. The Bertz CT molecular complexity index is 654. The summed E-state index contributed by atoms with van der Waals surface area (Å²) in [5, 5.41) is 9.70. The molecule has 1 N–H and O–H groups in total. The highest BCUT2D eigenvalue weighted by molar-refractivity contribution is 5.96. The number of benzene rings is 1. The Morgan fingerprint density at radius 3 is 2.83 bits per heavy atom. The first-order valence-corrected chi connectivity index (χ1v) is 5.84. The molecule has 0 saturated heterocycles. The minimum absolute atomic E-state index is 0.0486. The van der Waals surface area contributed by atoms with Crippen LogP contribution in [0.4, 0.5) is 0 Å². The topological polar surface area (TPSA) is 67.5 Å². The highest BCUT2D eigenvalue weighted by Gasteiger charge is 2.18. The van der Waals surface area contributed by atoms with Gasteiger partial charge in [-0.1, -0.05) is 19.9 Å². The van der Waals surface area contributed by atoms with Crippen molar-refractivity contribution in [2.75, 3.05) is 0 Å². The van der Waals surface area contributed by atoms with E-state index in [2.05, 4.69) is 0 Å². The van der Waals surface area contributed by atoms with Crippen LogP contribution in [0, 0.1) is 5.92 Å². The van der Waals surface area contributed by atoms with Crippen LogP contribution in [0.25, 0.3) is 11.0 Å². The zero-order valence-corrected chi connectivity index (χ0v) is 10.3. The molecule has 18 heavy (non-hydrogen) atoms. The second-order valence-corrected chi connectivity index (χ2v) is 4.30. The van der Waals surface area contributed by atoms with Gasteiger partial charge in [-0.25, -0.2) is 0 Å². The zero-order chi connectivity index (χ0) is 13.3. The minimum Gasteiger partial charge on any atom is -0.507 e. The van der Waals surface area contributed by atoms with E-state index in [9.17, 15) is 14.7 Å². The molecule has 0 aliphatic rings. The van der Waals surface area contributed by atoms with Gasteiger partial charge in [0.1, 0.15) is 16.7 Å². The third-order valence-electron chi connectivity index (χ3n) is 3.04. The standard InChI is InChI=1S/C14H14O4/c1-3-8(2)14(17)12-7-10(16)13-9(15)5-4-6-11(13)18-12/h4-8,15H,3H2,1-2H3. The lowest BCUT2D eigenvalue weighted by atomic mass is 10.0. The summed E-state index contributed by atoms with van der Waals surface area (Å²) in [6.45, 7) is 3.68. The average Bonchev–Trinajstić information content (AvgIpc) is 2.36. The largest absolute Gasteiger partial charge is 0.507 e. The molecule has 1 unspecified atom stereocenters. The Morgan fingerprint density at radius 2 is 2.17 bits per heavy atom. The molecule has 0 amide bonds. The number of Topliss-reactive ketones (excluding diaryl/α,β-unsaturated/α-hetero) is 1. The van der Waals surface area contributed by atoms with E-state index in [1.165, 1.54) is 6.07 Å². The molecule has 0 aliphatic carbocycles. The van der Waals surface area contributed by atoms with Crippen LogP contribution in [0.3, 0.4) is 0 Å². The monoisotopic (exact) mass is 246 g/mol. The van der Waals surface area contributed by atoms with Gasteiger partial charge in [-0.3, -0.25) is 9.59 Å². The maximum Gasteiger partial charge on any atom is 0.200 e. The summed E-state index contributed by atoms with van der Waals surface area (Å²) >= 11 is 0. The Kier molecular flexibility index (Phi) is 3.19. The van der Waals surface area contributed by atoms with Crippen LogP contribution in [0.15, 0.2) is 33.5 Å². The van der Waals surface area contributed by atoms with E-state index in [1.54, 1.807) is 19.1 Å². The van der Waals surface area contributed by atoms with Crippen molar-refractivity contribution in [3.8, 4) is 5.75 Å². The molecule has 1 aromatic carbocycles. The second-order valence-electron chi connectivity index (χ2n) is 4.30. The quantitative estimate of drug-likeness (QED) is 0.845. The van der Waals surface area contributed by atoms with Gasteiger partial charge in [-0.2, -0.15) is 0 Å². The molecule has 0 bridgehead atoms. The van der Waals surface area contributed by atoms with Gasteiger partial charge in [0.25, 0.3) is 0 Å². The summed E-state index contributed by atoms with van der Waals surface area (Å²) < 4.78 is 5.40. The van der Waals surface area contributed by atoms with E-state index in [0.29, 0.717) is 6.42 Å². The predicted molar refractivity (Wildman–Crippen MR) is 67.9 cm³/mol. The van der Waals surface area contributed by atoms with Gasteiger partial charge in [-0.05, 0) is 18.6 Å². The lowest BCUT2D eigenvalue weighted by Gasteiger charge is -2.07. The van der Waals surface area contributed by atoms with E-state index in [1.807, 2.05) is 6.92 Å². The van der Waals surface area contributed by atoms with E-state index >= 15 is 0 Å². The van der Waals surface area contributed by atoms with Crippen LogP contribution >= 0.6 is 0 Å². The van der Waals surface area contributed by atoms with Crippen molar-refractivity contribution in [1.29, 1.82) is 0 Å². The third kappa shape index (κ3) is 2.01. The Morgan fingerprint density at radius 1 is 1.44 bits per heavy atom. The Hall–Kier alpha value is -2.10. The van der Waals surface area contributed by atoms with Gasteiger partial charge in [0, 0.05) is 12.0 Å². The summed E-state index contributed by atoms with van der Waals surface area (Å²) in [6.07, 6.45) is 0.681. The van der Waals surface area contributed by atoms with Gasteiger partial charge >= 0.3 is 0 Å². The van der Waals surface area contributed by atoms with Crippen molar-refractivity contribution in [3.05, 3.63) is 40.2 Å². The minimum atomic E-state index is -0.402. The number of aromatic hydroxyl groups is 1.